The third-order valence-electron chi connectivity index (χ3n) is 1.50. The molecule has 1 amide bonds. The van der Waals surface area contributed by atoms with E-state index in [0.717, 1.165) is 0 Å². The number of hydrogen-bond donors (Lipinski definition) is 1. The summed E-state index contributed by atoms with van der Waals surface area (Å²) in [5.74, 6) is 2.45. The molecule has 0 aliphatic carbocycles. The average molecular weight is 175 g/mol. The molecule has 0 spiro atoms. The number of rotatable bonds is 1. The fraction of sp³-hybridized carbons (Fsp3) is 0.100. The van der Waals surface area contributed by atoms with E-state index in [2.05, 4.69) is 16.0 Å². The van der Waals surface area contributed by atoms with Crippen molar-refractivity contribution in [3.8, 4) is 12.3 Å². The van der Waals surface area contributed by atoms with Crippen LogP contribution in [0.25, 0.3) is 0 Å². The molecule has 1 aromatic carbocycles. The smallest absolute Gasteiger partial charge is 0.411 e. The van der Waals surface area contributed by atoms with Gasteiger partial charge in [0.1, 0.15) is 0 Å². The van der Waals surface area contributed by atoms with Crippen LogP contribution in [-0.4, -0.2) is 13.2 Å². The highest BCUT2D eigenvalue weighted by atomic mass is 16.5. The van der Waals surface area contributed by atoms with Crippen LogP contribution in [0.1, 0.15) is 5.56 Å². The third kappa shape index (κ3) is 2.24. The summed E-state index contributed by atoms with van der Waals surface area (Å²) >= 11 is 0. The van der Waals surface area contributed by atoms with Crippen molar-refractivity contribution in [1.29, 1.82) is 0 Å². The van der Waals surface area contributed by atoms with Crippen LogP contribution in [0, 0.1) is 12.3 Å². The number of hydrogen-bond acceptors (Lipinski definition) is 2. The number of terminal acetylenes is 1. The van der Waals surface area contributed by atoms with Crippen molar-refractivity contribution in [3.05, 3.63) is 29.8 Å². The number of carbonyl (C=O) groups excluding carboxylic acids is 1. The molecule has 13 heavy (non-hydrogen) atoms. The number of para-hydroxylation sites is 1. The van der Waals surface area contributed by atoms with Crippen molar-refractivity contribution < 1.29 is 9.53 Å². The summed E-state index contributed by atoms with van der Waals surface area (Å²) in [5, 5.41) is 2.51. The number of ether oxygens (including phenoxy) is 1. The fourth-order valence-electron chi connectivity index (χ4n) is 0.879. The SMILES string of the molecule is C#Cc1ccccc1NC(=O)OC. The zero-order chi connectivity index (χ0) is 9.68. The molecule has 0 unspecified atom stereocenters. The third-order valence-corrected chi connectivity index (χ3v) is 1.50. The van der Waals surface area contributed by atoms with Gasteiger partial charge in [-0.15, -0.1) is 6.42 Å². The Kier molecular flexibility index (Phi) is 2.93. The van der Waals surface area contributed by atoms with Gasteiger partial charge in [-0.2, -0.15) is 0 Å². The molecule has 0 radical (unpaired) electrons. The fourth-order valence-corrected chi connectivity index (χ4v) is 0.879. The molecule has 0 saturated carbocycles. The normalized spacial score (nSPS) is 8.62. The molecule has 0 heterocycles. The molecule has 0 atom stereocenters. The molecule has 3 nitrogen and oxygen atoms in total. The monoisotopic (exact) mass is 175 g/mol. The number of methoxy groups -OCH3 is 1. The second-order valence-corrected chi connectivity index (χ2v) is 2.31. The van der Waals surface area contributed by atoms with Crippen LogP contribution in [0.4, 0.5) is 10.5 Å². The molecule has 3 heteroatoms. The molecule has 0 fully saturated rings. The quantitative estimate of drug-likeness (QED) is 0.661. The predicted octanol–water partition coefficient (Wildman–Crippen LogP) is 1.85. The zero-order valence-electron chi connectivity index (χ0n) is 7.20. The molecular formula is C10H9NO2. The highest BCUT2D eigenvalue weighted by molar-refractivity contribution is 5.86. The molecule has 1 rings (SSSR count). The van der Waals surface area contributed by atoms with Crippen molar-refractivity contribution >= 4 is 11.8 Å². The maximum absolute atomic E-state index is 10.8. The first-order chi connectivity index (χ1) is 6.27. The number of amides is 1. The highest BCUT2D eigenvalue weighted by Crippen LogP contribution is 2.13. The maximum Gasteiger partial charge on any atom is 0.411 e. The van der Waals surface area contributed by atoms with E-state index in [1.807, 2.05) is 0 Å². The van der Waals surface area contributed by atoms with Gasteiger partial charge in [0.25, 0.3) is 0 Å². The Bertz CT molecular complexity index is 352. The Balaban J connectivity index is 2.89. The van der Waals surface area contributed by atoms with Crippen LogP contribution in [-0.2, 0) is 4.74 Å². The van der Waals surface area contributed by atoms with Gasteiger partial charge in [-0.05, 0) is 12.1 Å². The Labute approximate surface area is 76.7 Å². The Morgan fingerprint density at radius 2 is 2.23 bits per heavy atom. The standard InChI is InChI=1S/C10H9NO2/c1-3-8-6-4-5-7-9(8)11-10(12)13-2/h1,4-7H,2H3,(H,11,12). The van der Waals surface area contributed by atoms with Crippen molar-refractivity contribution in [3.63, 3.8) is 0 Å². The minimum Gasteiger partial charge on any atom is -0.453 e. The van der Waals surface area contributed by atoms with Gasteiger partial charge in [0.15, 0.2) is 0 Å². The average Bonchev–Trinajstić information content (AvgIpc) is 2.18. The largest absolute Gasteiger partial charge is 0.453 e. The lowest BCUT2D eigenvalue weighted by atomic mass is 10.2. The first kappa shape index (κ1) is 9.14. The van der Waals surface area contributed by atoms with E-state index in [9.17, 15) is 4.79 Å². The van der Waals surface area contributed by atoms with E-state index in [-0.39, 0.29) is 0 Å². The lowest BCUT2D eigenvalue weighted by molar-refractivity contribution is 0.187. The van der Waals surface area contributed by atoms with Crippen molar-refractivity contribution in [1.82, 2.24) is 0 Å². The number of nitrogens with one attached hydrogen (secondary N) is 1. The number of carbonyl (C=O) groups is 1. The number of benzene rings is 1. The summed E-state index contributed by atoms with van der Waals surface area (Å²) in [6.45, 7) is 0. The Morgan fingerprint density at radius 1 is 1.54 bits per heavy atom. The first-order valence-corrected chi connectivity index (χ1v) is 3.68. The van der Waals surface area contributed by atoms with Gasteiger partial charge < -0.3 is 4.74 Å². The minimum atomic E-state index is -0.525. The molecule has 1 aromatic rings. The summed E-state index contributed by atoms with van der Waals surface area (Å²) in [6, 6.07) is 7.04. The minimum absolute atomic E-state index is 0.525. The van der Waals surface area contributed by atoms with E-state index in [1.165, 1.54) is 7.11 Å². The Hall–Kier alpha value is -1.95. The molecular weight excluding hydrogens is 166 g/mol. The topological polar surface area (TPSA) is 38.3 Å². The van der Waals surface area contributed by atoms with E-state index in [4.69, 9.17) is 6.42 Å². The summed E-state index contributed by atoms with van der Waals surface area (Å²) in [6.07, 6.45) is 4.70. The maximum atomic E-state index is 10.8. The second-order valence-electron chi connectivity index (χ2n) is 2.31. The summed E-state index contributed by atoms with van der Waals surface area (Å²) < 4.78 is 4.43. The van der Waals surface area contributed by atoms with Crippen LogP contribution in [0.3, 0.4) is 0 Å². The van der Waals surface area contributed by atoms with E-state index in [1.54, 1.807) is 24.3 Å². The van der Waals surface area contributed by atoms with Gasteiger partial charge in [-0.25, -0.2) is 4.79 Å². The van der Waals surface area contributed by atoms with Gasteiger partial charge in [-0.3, -0.25) is 5.32 Å². The van der Waals surface area contributed by atoms with Gasteiger partial charge in [0, 0.05) is 5.56 Å². The molecule has 0 aliphatic heterocycles. The Morgan fingerprint density at radius 3 is 2.85 bits per heavy atom. The molecule has 0 aliphatic rings. The molecule has 0 aromatic heterocycles. The second kappa shape index (κ2) is 4.17. The van der Waals surface area contributed by atoms with E-state index in [0.29, 0.717) is 11.3 Å². The summed E-state index contributed by atoms with van der Waals surface area (Å²) in [4.78, 5) is 10.8. The van der Waals surface area contributed by atoms with Crippen molar-refractivity contribution in [2.75, 3.05) is 12.4 Å². The number of anilines is 1. The van der Waals surface area contributed by atoms with Crippen LogP contribution < -0.4 is 5.32 Å². The molecule has 1 N–H and O–H groups in total. The van der Waals surface area contributed by atoms with Crippen molar-refractivity contribution in [2.24, 2.45) is 0 Å². The summed E-state index contributed by atoms with van der Waals surface area (Å²) in [7, 11) is 1.30. The van der Waals surface area contributed by atoms with Crippen LogP contribution in [0.2, 0.25) is 0 Å². The van der Waals surface area contributed by atoms with E-state index < -0.39 is 6.09 Å². The molecule has 66 valence electrons. The predicted molar refractivity (Wildman–Crippen MR) is 50.4 cm³/mol. The van der Waals surface area contributed by atoms with E-state index >= 15 is 0 Å². The van der Waals surface area contributed by atoms with Crippen LogP contribution in [0.15, 0.2) is 24.3 Å². The first-order valence-electron chi connectivity index (χ1n) is 3.68. The lowest BCUT2D eigenvalue weighted by Gasteiger charge is -2.04. The molecule has 0 bridgehead atoms. The lowest BCUT2D eigenvalue weighted by Crippen LogP contribution is -2.11. The van der Waals surface area contributed by atoms with Crippen LogP contribution >= 0.6 is 0 Å². The highest BCUT2D eigenvalue weighted by Gasteiger charge is 2.02. The van der Waals surface area contributed by atoms with Gasteiger partial charge in [0.05, 0.1) is 12.8 Å². The van der Waals surface area contributed by atoms with Crippen LogP contribution in [0.5, 0.6) is 0 Å². The van der Waals surface area contributed by atoms with Crippen molar-refractivity contribution in [2.45, 2.75) is 0 Å². The summed E-state index contributed by atoms with van der Waals surface area (Å²) in [5.41, 5.74) is 1.21. The molecule has 0 saturated heterocycles. The van der Waals surface area contributed by atoms with Gasteiger partial charge >= 0.3 is 6.09 Å². The zero-order valence-corrected chi connectivity index (χ0v) is 7.20. The van der Waals surface area contributed by atoms with Gasteiger partial charge in [0.2, 0.25) is 0 Å². The van der Waals surface area contributed by atoms with Gasteiger partial charge in [-0.1, -0.05) is 18.1 Å².